The average Bonchev–Trinajstić information content (AvgIpc) is 3.04. The van der Waals surface area contributed by atoms with Crippen LogP contribution in [-0.2, 0) is 6.18 Å². The fraction of sp³-hybridized carbons (Fsp3) is 0.500. The maximum atomic E-state index is 13.0. The van der Waals surface area contributed by atoms with Crippen molar-refractivity contribution in [2.24, 2.45) is 5.92 Å². The van der Waals surface area contributed by atoms with E-state index in [-0.39, 0.29) is 6.04 Å². The fourth-order valence-corrected chi connectivity index (χ4v) is 3.93. The predicted octanol–water partition coefficient (Wildman–Crippen LogP) is 3.30. The third kappa shape index (κ3) is 3.20. The Labute approximate surface area is 149 Å². The number of alkyl halides is 3. The number of aryl methyl sites for hydroxylation is 1. The first-order valence-electron chi connectivity index (χ1n) is 8.77. The van der Waals surface area contributed by atoms with Gasteiger partial charge in [-0.1, -0.05) is 6.07 Å². The maximum absolute atomic E-state index is 13.0. The monoisotopic (exact) mass is 363 g/mol. The van der Waals surface area contributed by atoms with Crippen LogP contribution in [0.5, 0.6) is 0 Å². The molecule has 2 saturated heterocycles. The van der Waals surface area contributed by atoms with E-state index in [9.17, 15) is 13.2 Å². The van der Waals surface area contributed by atoms with E-state index >= 15 is 0 Å². The number of rotatable bonds is 2. The van der Waals surface area contributed by atoms with E-state index in [1.807, 2.05) is 17.9 Å². The van der Waals surface area contributed by atoms with Crippen LogP contribution < -0.4 is 9.80 Å². The maximum Gasteiger partial charge on any atom is 0.433 e. The van der Waals surface area contributed by atoms with Gasteiger partial charge in [0, 0.05) is 31.5 Å². The molecule has 0 spiro atoms. The third-order valence-electron chi connectivity index (χ3n) is 5.25. The Morgan fingerprint density at radius 3 is 2.65 bits per heavy atom. The zero-order chi connectivity index (χ0) is 18.3. The van der Waals surface area contributed by atoms with Gasteiger partial charge >= 0.3 is 6.18 Å². The summed E-state index contributed by atoms with van der Waals surface area (Å²) in [5, 5.41) is 0. The highest BCUT2D eigenvalue weighted by Gasteiger charge is 2.40. The molecule has 2 aliphatic rings. The lowest BCUT2D eigenvalue weighted by Gasteiger charge is -2.39. The lowest BCUT2D eigenvalue weighted by molar-refractivity contribution is -0.141. The molecule has 0 aromatic carbocycles. The van der Waals surface area contributed by atoms with Crippen molar-refractivity contribution in [1.82, 2.24) is 15.0 Å². The predicted molar refractivity (Wildman–Crippen MR) is 92.1 cm³/mol. The molecular weight excluding hydrogens is 343 g/mol. The highest BCUT2D eigenvalue weighted by Crippen LogP contribution is 2.36. The largest absolute Gasteiger partial charge is 0.433 e. The van der Waals surface area contributed by atoms with Crippen molar-refractivity contribution in [2.75, 3.05) is 29.4 Å². The highest BCUT2D eigenvalue weighted by atomic mass is 19.4. The molecule has 138 valence electrons. The fourth-order valence-electron chi connectivity index (χ4n) is 3.93. The van der Waals surface area contributed by atoms with Gasteiger partial charge in [-0.05, 0) is 43.9 Å². The Morgan fingerprint density at radius 2 is 1.88 bits per heavy atom. The SMILES string of the molecule is Cc1ccnc(N2CCC3CCN(c4cccc(C(F)(F)F)n4)CC32)n1. The van der Waals surface area contributed by atoms with Crippen molar-refractivity contribution >= 4 is 11.8 Å². The van der Waals surface area contributed by atoms with Gasteiger partial charge in [-0.2, -0.15) is 13.2 Å². The molecule has 2 aliphatic heterocycles. The molecule has 2 aromatic heterocycles. The summed E-state index contributed by atoms with van der Waals surface area (Å²) in [6.07, 6.45) is -0.681. The Balaban J connectivity index is 1.57. The number of anilines is 2. The van der Waals surface area contributed by atoms with E-state index in [0.29, 0.717) is 24.2 Å². The van der Waals surface area contributed by atoms with Crippen molar-refractivity contribution in [2.45, 2.75) is 32.0 Å². The molecular formula is C18H20F3N5. The Hall–Kier alpha value is -2.38. The number of hydrogen-bond donors (Lipinski definition) is 0. The minimum Gasteiger partial charge on any atom is -0.355 e. The molecule has 26 heavy (non-hydrogen) atoms. The molecule has 0 N–H and O–H groups in total. The van der Waals surface area contributed by atoms with Crippen LogP contribution in [0.1, 0.15) is 24.2 Å². The molecule has 2 atom stereocenters. The smallest absolute Gasteiger partial charge is 0.355 e. The van der Waals surface area contributed by atoms with Gasteiger partial charge in [0.05, 0.1) is 6.04 Å². The van der Waals surface area contributed by atoms with Crippen LogP contribution in [0.25, 0.3) is 0 Å². The summed E-state index contributed by atoms with van der Waals surface area (Å²) in [5.41, 5.74) is 0.0630. The number of aromatic nitrogens is 3. The van der Waals surface area contributed by atoms with Gasteiger partial charge in [0.2, 0.25) is 5.95 Å². The second-order valence-electron chi connectivity index (χ2n) is 6.92. The standard InChI is InChI=1S/C18H20F3N5/c1-12-5-8-22-17(23-12)26-10-7-13-6-9-25(11-14(13)26)16-4-2-3-15(24-16)18(19,20)21/h2-5,8,13-14H,6-7,9-11H2,1H3. The van der Waals surface area contributed by atoms with Gasteiger partial charge < -0.3 is 9.80 Å². The van der Waals surface area contributed by atoms with E-state index in [0.717, 1.165) is 37.7 Å². The number of nitrogens with zero attached hydrogens (tertiary/aromatic N) is 5. The van der Waals surface area contributed by atoms with Crippen LogP contribution in [0.15, 0.2) is 30.5 Å². The number of halogens is 3. The first-order valence-corrected chi connectivity index (χ1v) is 8.77. The molecule has 2 aromatic rings. The zero-order valence-electron chi connectivity index (χ0n) is 14.4. The van der Waals surface area contributed by atoms with Crippen LogP contribution in [0.4, 0.5) is 24.9 Å². The molecule has 8 heteroatoms. The third-order valence-corrected chi connectivity index (χ3v) is 5.25. The molecule has 0 radical (unpaired) electrons. The van der Waals surface area contributed by atoms with E-state index in [1.165, 1.54) is 6.07 Å². The minimum atomic E-state index is -4.43. The van der Waals surface area contributed by atoms with E-state index in [1.54, 1.807) is 12.3 Å². The van der Waals surface area contributed by atoms with Crippen molar-refractivity contribution in [3.8, 4) is 0 Å². The summed E-state index contributed by atoms with van der Waals surface area (Å²) >= 11 is 0. The normalized spacial score (nSPS) is 23.2. The molecule has 2 fully saturated rings. The second-order valence-corrected chi connectivity index (χ2v) is 6.92. The topological polar surface area (TPSA) is 45.2 Å². The molecule has 4 heterocycles. The van der Waals surface area contributed by atoms with Gasteiger partial charge in [-0.25, -0.2) is 15.0 Å². The summed E-state index contributed by atoms with van der Waals surface area (Å²) in [5.74, 6) is 1.60. The Morgan fingerprint density at radius 1 is 1.08 bits per heavy atom. The number of fused-ring (bicyclic) bond motifs is 1. The quantitative estimate of drug-likeness (QED) is 0.819. The van der Waals surface area contributed by atoms with Crippen molar-refractivity contribution < 1.29 is 13.2 Å². The number of pyridine rings is 1. The lowest BCUT2D eigenvalue weighted by Crippen LogP contribution is -2.49. The summed E-state index contributed by atoms with van der Waals surface area (Å²) in [7, 11) is 0. The first kappa shape index (κ1) is 17.1. The lowest BCUT2D eigenvalue weighted by atomic mass is 9.92. The van der Waals surface area contributed by atoms with Crippen LogP contribution in [0, 0.1) is 12.8 Å². The second kappa shape index (κ2) is 6.41. The van der Waals surface area contributed by atoms with Gasteiger partial charge in [-0.3, -0.25) is 0 Å². The molecule has 0 aliphatic carbocycles. The van der Waals surface area contributed by atoms with Gasteiger partial charge in [0.1, 0.15) is 11.5 Å². The van der Waals surface area contributed by atoms with Crippen LogP contribution in [0.2, 0.25) is 0 Å². The van der Waals surface area contributed by atoms with E-state index in [4.69, 9.17) is 0 Å². The van der Waals surface area contributed by atoms with Gasteiger partial charge in [0.25, 0.3) is 0 Å². The van der Waals surface area contributed by atoms with Crippen molar-refractivity contribution in [3.63, 3.8) is 0 Å². The van der Waals surface area contributed by atoms with Gasteiger partial charge in [-0.15, -0.1) is 0 Å². The summed E-state index contributed by atoms with van der Waals surface area (Å²) < 4.78 is 38.9. The zero-order valence-corrected chi connectivity index (χ0v) is 14.4. The van der Waals surface area contributed by atoms with E-state index in [2.05, 4.69) is 19.9 Å². The molecule has 2 unspecified atom stereocenters. The summed E-state index contributed by atoms with van der Waals surface area (Å²) in [4.78, 5) is 16.9. The summed E-state index contributed by atoms with van der Waals surface area (Å²) in [6.45, 7) is 4.16. The highest BCUT2D eigenvalue weighted by molar-refractivity contribution is 5.44. The molecule has 0 amide bonds. The number of hydrogen-bond acceptors (Lipinski definition) is 5. The van der Waals surface area contributed by atoms with E-state index < -0.39 is 11.9 Å². The summed E-state index contributed by atoms with van der Waals surface area (Å²) in [6, 6.07) is 6.14. The molecule has 4 rings (SSSR count). The number of piperidine rings is 1. The molecule has 5 nitrogen and oxygen atoms in total. The average molecular weight is 363 g/mol. The molecule has 0 saturated carbocycles. The Kier molecular flexibility index (Phi) is 4.20. The van der Waals surface area contributed by atoms with Crippen LogP contribution in [0.3, 0.4) is 0 Å². The minimum absolute atomic E-state index is 0.196. The van der Waals surface area contributed by atoms with Crippen LogP contribution in [-0.4, -0.2) is 40.6 Å². The van der Waals surface area contributed by atoms with Gasteiger partial charge in [0.15, 0.2) is 0 Å². The molecule has 0 bridgehead atoms. The Bertz CT molecular complexity index is 794. The van der Waals surface area contributed by atoms with Crippen molar-refractivity contribution in [3.05, 3.63) is 41.9 Å². The first-order chi connectivity index (χ1) is 12.4. The van der Waals surface area contributed by atoms with Crippen molar-refractivity contribution in [1.29, 1.82) is 0 Å². The van der Waals surface area contributed by atoms with Crippen LogP contribution >= 0.6 is 0 Å².